The quantitative estimate of drug-likeness (QED) is 0.633. The SMILES string of the molecule is CC(=O)c1cc2c(cc1NC(=O)C[NH2+][C@H](C)c1cccc3ccccc13)OCO2. The Balaban J connectivity index is 1.46. The van der Waals surface area contributed by atoms with Crippen LogP contribution in [0.25, 0.3) is 10.8 Å². The number of nitrogens with two attached hydrogens (primary N) is 1. The first kappa shape index (κ1) is 19.0. The first-order valence-corrected chi connectivity index (χ1v) is 9.58. The zero-order chi connectivity index (χ0) is 20.4. The zero-order valence-electron chi connectivity index (χ0n) is 16.4. The maximum Gasteiger partial charge on any atom is 0.279 e. The van der Waals surface area contributed by atoms with Crippen molar-refractivity contribution >= 4 is 28.2 Å². The van der Waals surface area contributed by atoms with E-state index >= 15 is 0 Å². The Bertz CT molecular complexity index is 1090. The smallest absolute Gasteiger partial charge is 0.279 e. The summed E-state index contributed by atoms with van der Waals surface area (Å²) < 4.78 is 10.7. The number of nitrogens with one attached hydrogen (secondary N) is 1. The molecule has 6 heteroatoms. The molecule has 4 rings (SSSR count). The summed E-state index contributed by atoms with van der Waals surface area (Å²) in [6, 6.07) is 17.8. The van der Waals surface area contributed by atoms with Gasteiger partial charge in [0, 0.05) is 17.2 Å². The number of amides is 1. The highest BCUT2D eigenvalue weighted by atomic mass is 16.7. The highest BCUT2D eigenvalue weighted by Gasteiger charge is 2.21. The number of hydrogen-bond acceptors (Lipinski definition) is 4. The maximum atomic E-state index is 12.6. The number of quaternary nitrogens is 1. The van der Waals surface area contributed by atoms with Crippen LogP contribution in [0.3, 0.4) is 0 Å². The van der Waals surface area contributed by atoms with Crippen molar-refractivity contribution in [3.8, 4) is 11.5 Å². The van der Waals surface area contributed by atoms with Gasteiger partial charge in [-0.3, -0.25) is 9.59 Å². The highest BCUT2D eigenvalue weighted by Crippen LogP contribution is 2.37. The van der Waals surface area contributed by atoms with E-state index in [9.17, 15) is 9.59 Å². The highest BCUT2D eigenvalue weighted by molar-refractivity contribution is 6.04. The lowest BCUT2D eigenvalue weighted by Crippen LogP contribution is -2.86. The predicted molar refractivity (Wildman–Crippen MR) is 110 cm³/mol. The number of rotatable bonds is 6. The van der Waals surface area contributed by atoms with E-state index in [0.29, 0.717) is 22.7 Å². The second-order valence-corrected chi connectivity index (χ2v) is 7.15. The zero-order valence-corrected chi connectivity index (χ0v) is 16.4. The Labute approximate surface area is 168 Å². The van der Waals surface area contributed by atoms with Crippen LogP contribution in [0.15, 0.2) is 54.6 Å². The molecule has 3 aromatic rings. The van der Waals surface area contributed by atoms with Crippen LogP contribution in [0.2, 0.25) is 0 Å². The van der Waals surface area contributed by atoms with E-state index in [2.05, 4.69) is 36.5 Å². The average Bonchev–Trinajstić information content (AvgIpc) is 3.18. The van der Waals surface area contributed by atoms with Gasteiger partial charge in [-0.15, -0.1) is 0 Å². The molecular formula is C23H23N2O4+. The fourth-order valence-corrected chi connectivity index (χ4v) is 3.60. The summed E-state index contributed by atoms with van der Waals surface area (Å²) in [4.78, 5) is 24.5. The lowest BCUT2D eigenvalue weighted by molar-refractivity contribution is -0.682. The largest absolute Gasteiger partial charge is 0.454 e. The summed E-state index contributed by atoms with van der Waals surface area (Å²) in [5.74, 6) is 0.716. The number of ketones is 1. The Morgan fingerprint density at radius 3 is 2.59 bits per heavy atom. The van der Waals surface area contributed by atoms with Gasteiger partial charge in [-0.25, -0.2) is 0 Å². The molecule has 0 bridgehead atoms. The molecule has 3 aromatic carbocycles. The number of carbonyl (C=O) groups excluding carboxylic acids is 2. The second-order valence-electron chi connectivity index (χ2n) is 7.15. The number of ether oxygens (including phenoxy) is 2. The van der Waals surface area contributed by atoms with Gasteiger partial charge in [0.05, 0.1) is 5.69 Å². The number of anilines is 1. The van der Waals surface area contributed by atoms with E-state index in [1.165, 1.54) is 23.3 Å². The van der Waals surface area contributed by atoms with Gasteiger partial charge in [-0.05, 0) is 30.7 Å². The summed E-state index contributed by atoms with van der Waals surface area (Å²) in [6.45, 7) is 3.88. The van der Waals surface area contributed by atoms with E-state index < -0.39 is 0 Å². The fraction of sp³-hybridized carbons (Fsp3) is 0.217. The number of hydrogen-bond donors (Lipinski definition) is 2. The fourth-order valence-electron chi connectivity index (χ4n) is 3.60. The van der Waals surface area contributed by atoms with Crippen LogP contribution in [0.1, 0.15) is 35.8 Å². The Kier molecular flexibility index (Phi) is 5.18. The van der Waals surface area contributed by atoms with Crippen molar-refractivity contribution in [1.29, 1.82) is 0 Å². The van der Waals surface area contributed by atoms with Crippen molar-refractivity contribution in [2.45, 2.75) is 19.9 Å². The van der Waals surface area contributed by atoms with Gasteiger partial charge in [0.25, 0.3) is 5.91 Å². The van der Waals surface area contributed by atoms with E-state index in [1.54, 1.807) is 12.1 Å². The third-order valence-electron chi connectivity index (χ3n) is 5.14. The summed E-state index contributed by atoms with van der Waals surface area (Å²) in [5, 5.41) is 7.19. The van der Waals surface area contributed by atoms with Crippen LogP contribution in [0.5, 0.6) is 11.5 Å². The number of fused-ring (bicyclic) bond motifs is 2. The standard InChI is InChI=1S/C23H22N2O4/c1-14(17-9-5-7-16-6-3-4-8-18(16)17)24-12-23(27)25-20-11-22-21(28-13-29-22)10-19(20)15(2)26/h3-11,14,24H,12-13H2,1-2H3,(H,25,27)/p+1/t14-/m1/s1. The van der Waals surface area contributed by atoms with Gasteiger partial charge in [0.1, 0.15) is 6.04 Å². The molecule has 148 valence electrons. The molecule has 6 nitrogen and oxygen atoms in total. The molecule has 1 heterocycles. The molecule has 29 heavy (non-hydrogen) atoms. The summed E-state index contributed by atoms with van der Waals surface area (Å²) in [6.07, 6.45) is 0. The van der Waals surface area contributed by atoms with Crippen LogP contribution < -0.4 is 20.1 Å². The van der Waals surface area contributed by atoms with Crippen molar-refractivity contribution < 1.29 is 24.4 Å². The normalized spacial score (nSPS) is 13.3. The number of Topliss-reactive ketones (excluding diaryl/α,β-unsaturated/α-hetero) is 1. The Hall–Kier alpha value is -3.38. The van der Waals surface area contributed by atoms with Crippen LogP contribution in [-0.4, -0.2) is 25.0 Å². The topological polar surface area (TPSA) is 81.2 Å². The molecule has 1 amide bonds. The maximum absolute atomic E-state index is 12.6. The monoisotopic (exact) mass is 391 g/mol. The lowest BCUT2D eigenvalue weighted by atomic mass is 10.00. The third-order valence-corrected chi connectivity index (χ3v) is 5.14. The molecule has 1 atom stereocenters. The molecular weight excluding hydrogens is 368 g/mol. The molecule has 0 aromatic heterocycles. The second kappa shape index (κ2) is 7.93. The lowest BCUT2D eigenvalue weighted by Gasteiger charge is -2.14. The minimum Gasteiger partial charge on any atom is -0.454 e. The number of carbonyl (C=O) groups is 2. The molecule has 1 aliphatic rings. The third kappa shape index (κ3) is 3.93. The predicted octanol–water partition coefficient (Wildman–Crippen LogP) is 3.03. The van der Waals surface area contributed by atoms with E-state index in [0.717, 1.165) is 0 Å². The van der Waals surface area contributed by atoms with Gasteiger partial charge in [-0.1, -0.05) is 42.5 Å². The van der Waals surface area contributed by atoms with Crippen molar-refractivity contribution in [1.82, 2.24) is 0 Å². The molecule has 0 saturated carbocycles. The van der Waals surface area contributed by atoms with Crippen molar-refractivity contribution in [3.05, 3.63) is 65.7 Å². The van der Waals surface area contributed by atoms with Crippen LogP contribution in [-0.2, 0) is 4.79 Å². The summed E-state index contributed by atoms with van der Waals surface area (Å²) in [7, 11) is 0. The molecule has 0 spiro atoms. The van der Waals surface area contributed by atoms with Gasteiger partial charge < -0.3 is 20.1 Å². The first-order valence-electron chi connectivity index (χ1n) is 9.58. The average molecular weight is 391 g/mol. The van der Waals surface area contributed by atoms with Crippen molar-refractivity contribution in [2.24, 2.45) is 0 Å². The van der Waals surface area contributed by atoms with Crippen molar-refractivity contribution in [3.63, 3.8) is 0 Å². The number of benzene rings is 3. The molecule has 0 fully saturated rings. The Morgan fingerprint density at radius 2 is 1.79 bits per heavy atom. The molecule has 0 unspecified atom stereocenters. The van der Waals surface area contributed by atoms with E-state index in [-0.39, 0.29) is 31.1 Å². The van der Waals surface area contributed by atoms with Crippen LogP contribution in [0, 0.1) is 0 Å². The summed E-state index contributed by atoms with van der Waals surface area (Å²) in [5.41, 5.74) is 2.03. The van der Waals surface area contributed by atoms with Gasteiger partial charge in [-0.2, -0.15) is 0 Å². The minimum absolute atomic E-state index is 0.107. The molecule has 0 saturated heterocycles. The van der Waals surface area contributed by atoms with E-state index in [1.807, 2.05) is 23.5 Å². The summed E-state index contributed by atoms with van der Waals surface area (Å²) >= 11 is 0. The van der Waals surface area contributed by atoms with Gasteiger partial charge in [0.2, 0.25) is 6.79 Å². The van der Waals surface area contributed by atoms with Gasteiger partial charge in [0.15, 0.2) is 23.8 Å². The van der Waals surface area contributed by atoms with Crippen LogP contribution >= 0.6 is 0 Å². The Morgan fingerprint density at radius 1 is 1.07 bits per heavy atom. The molecule has 3 N–H and O–H groups in total. The minimum atomic E-state index is -0.182. The first-order chi connectivity index (χ1) is 14.0. The molecule has 0 aliphatic carbocycles. The molecule has 0 radical (unpaired) electrons. The van der Waals surface area contributed by atoms with Gasteiger partial charge >= 0.3 is 0 Å². The van der Waals surface area contributed by atoms with E-state index in [4.69, 9.17) is 9.47 Å². The van der Waals surface area contributed by atoms with Crippen molar-refractivity contribution in [2.75, 3.05) is 18.7 Å². The molecule has 1 aliphatic heterocycles. The van der Waals surface area contributed by atoms with Crippen LogP contribution in [0.4, 0.5) is 5.69 Å².